The summed E-state index contributed by atoms with van der Waals surface area (Å²) < 4.78 is 2.12. The van der Waals surface area contributed by atoms with Gasteiger partial charge in [-0.05, 0) is 43.3 Å². The Morgan fingerprint density at radius 2 is 2.17 bits per heavy atom. The van der Waals surface area contributed by atoms with E-state index in [2.05, 4.69) is 23.4 Å². The van der Waals surface area contributed by atoms with Crippen LogP contribution in [0.5, 0.6) is 0 Å². The number of hydrogen-bond acceptors (Lipinski definition) is 3. The molecule has 1 fully saturated rings. The number of rotatable bonds is 2. The van der Waals surface area contributed by atoms with Gasteiger partial charge in [0.15, 0.2) is 5.17 Å². The van der Waals surface area contributed by atoms with Crippen LogP contribution in [0.25, 0.3) is 6.08 Å². The fourth-order valence-corrected chi connectivity index (χ4v) is 2.66. The molecule has 0 unspecified atom stereocenters. The maximum absolute atomic E-state index is 12.0. The number of hydrogen-bond donors (Lipinski definition) is 0. The fourth-order valence-electron chi connectivity index (χ4n) is 1.74. The summed E-state index contributed by atoms with van der Waals surface area (Å²) in [4.78, 5) is 18.4. The van der Waals surface area contributed by atoms with E-state index in [0.29, 0.717) is 6.04 Å². The van der Waals surface area contributed by atoms with E-state index in [1.807, 2.05) is 24.5 Å². The van der Waals surface area contributed by atoms with Gasteiger partial charge in [0.1, 0.15) is 0 Å². The molecule has 2 rings (SSSR count). The molecule has 0 saturated carbocycles. The van der Waals surface area contributed by atoms with Crippen molar-refractivity contribution in [3.63, 3.8) is 0 Å². The number of likely N-dealkylation sites (N-methyl/N-ethyl adjacent to an activating group) is 1. The van der Waals surface area contributed by atoms with Crippen LogP contribution in [0.3, 0.4) is 0 Å². The average Bonchev–Trinajstić information content (AvgIpc) is 2.90. The van der Waals surface area contributed by atoms with Crippen molar-refractivity contribution in [3.8, 4) is 0 Å². The molecule has 96 valence electrons. The first kappa shape index (κ1) is 13.0. The maximum atomic E-state index is 12.0. The zero-order valence-electron chi connectivity index (χ0n) is 11.0. The van der Waals surface area contributed by atoms with Gasteiger partial charge in [-0.1, -0.05) is 0 Å². The Hall–Kier alpha value is -1.49. The predicted molar refractivity (Wildman–Crippen MR) is 76.5 cm³/mol. The zero-order valence-corrected chi connectivity index (χ0v) is 11.9. The quantitative estimate of drug-likeness (QED) is 0.769. The van der Waals surface area contributed by atoms with Gasteiger partial charge in [-0.15, -0.1) is 0 Å². The number of nitrogens with zero attached hydrogens (tertiary/aromatic N) is 3. The lowest BCUT2D eigenvalue weighted by atomic mass is 10.3. The van der Waals surface area contributed by atoms with Crippen LogP contribution in [0.15, 0.2) is 28.4 Å². The maximum Gasteiger partial charge on any atom is 0.266 e. The van der Waals surface area contributed by atoms with Gasteiger partial charge in [0.25, 0.3) is 5.91 Å². The third-order valence-corrected chi connectivity index (χ3v) is 3.98. The average molecular weight is 263 g/mol. The summed E-state index contributed by atoms with van der Waals surface area (Å²) in [5.74, 6) is 0.0119. The molecule has 4 nitrogen and oxygen atoms in total. The Kier molecular flexibility index (Phi) is 3.61. The molecule has 1 amide bonds. The molecule has 1 aliphatic rings. The zero-order chi connectivity index (χ0) is 13.3. The van der Waals surface area contributed by atoms with E-state index in [-0.39, 0.29) is 5.91 Å². The van der Waals surface area contributed by atoms with Gasteiger partial charge < -0.3 is 4.57 Å². The molecule has 18 heavy (non-hydrogen) atoms. The molecule has 0 N–H and O–H groups in total. The molecule has 5 heteroatoms. The number of thioether (sulfide) groups is 1. The minimum absolute atomic E-state index is 0.0119. The normalized spacial score (nSPS) is 20.7. The Morgan fingerprint density at radius 1 is 1.44 bits per heavy atom. The molecule has 1 aromatic heterocycles. The molecule has 0 bridgehead atoms. The second-order valence-corrected chi connectivity index (χ2v) is 5.48. The lowest BCUT2D eigenvalue weighted by molar-refractivity contribution is -0.121. The second kappa shape index (κ2) is 5.02. The van der Waals surface area contributed by atoms with E-state index in [1.165, 1.54) is 11.8 Å². The smallest absolute Gasteiger partial charge is 0.266 e. The Morgan fingerprint density at radius 3 is 2.67 bits per heavy atom. The molecular weight excluding hydrogens is 246 g/mol. The van der Waals surface area contributed by atoms with Crippen LogP contribution in [0.2, 0.25) is 0 Å². The van der Waals surface area contributed by atoms with Crippen molar-refractivity contribution in [2.45, 2.75) is 19.9 Å². The number of carbonyl (C=O) groups is 1. The SMILES string of the molecule is CN=C1S/C(=C/c2ccn(C(C)C)c2)C(=O)N1C. The van der Waals surface area contributed by atoms with Crippen molar-refractivity contribution in [1.29, 1.82) is 0 Å². The van der Waals surface area contributed by atoms with Crippen molar-refractivity contribution in [2.75, 3.05) is 14.1 Å². The minimum atomic E-state index is 0.0119. The highest BCUT2D eigenvalue weighted by Crippen LogP contribution is 2.31. The first-order valence-corrected chi connectivity index (χ1v) is 6.66. The highest BCUT2D eigenvalue weighted by Gasteiger charge is 2.29. The molecule has 2 heterocycles. The first-order chi connectivity index (χ1) is 8.52. The van der Waals surface area contributed by atoms with Crippen LogP contribution >= 0.6 is 11.8 Å². The van der Waals surface area contributed by atoms with Gasteiger partial charge in [-0.25, -0.2) is 0 Å². The van der Waals surface area contributed by atoms with Gasteiger partial charge in [0.05, 0.1) is 4.91 Å². The topological polar surface area (TPSA) is 37.6 Å². The Bertz CT molecular complexity index is 528. The van der Waals surface area contributed by atoms with Crippen molar-refractivity contribution >= 4 is 28.9 Å². The molecule has 1 aromatic rings. The van der Waals surface area contributed by atoms with Gasteiger partial charge >= 0.3 is 0 Å². The monoisotopic (exact) mass is 263 g/mol. The highest BCUT2D eigenvalue weighted by atomic mass is 32.2. The number of aliphatic imine (C=N–C) groups is 1. The first-order valence-electron chi connectivity index (χ1n) is 5.84. The predicted octanol–water partition coefficient (Wildman–Crippen LogP) is 2.60. The number of amidine groups is 1. The minimum Gasteiger partial charge on any atom is -0.351 e. The highest BCUT2D eigenvalue weighted by molar-refractivity contribution is 8.18. The van der Waals surface area contributed by atoms with E-state index in [0.717, 1.165) is 15.6 Å². The third-order valence-electron chi connectivity index (χ3n) is 2.83. The summed E-state index contributed by atoms with van der Waals surface area (Å²) >= 11 is 1.42. The molecular formula is C13H17N3OS. The molecule has 1 aliphatic heterocycles. The fraction of sp³-hybridized carbons (Fsp3) is 0.385. The molecule has 0 aliphatic carbocycles. The lowest BCUT2D eigenvalue weighted by Gasteiger charge is -2.05. The van der Waals surface area contributed by atoms with E-state index in [9.17, 15) is 4.79 Å². The van der Waals surface area contributed by atoms with E-state index >= 15 is 0 Å². The van der Waals surface area contributed by atoms with E-state index in [4.69, 9.17) is 0 Å². The summed E-state index contributed by atoms with van der Waals surface area (Å²) in [5.41, 5.74) is 1.05. The van der Waals surface area contributed by atoms with Crippen LogP contribution in [-0.4, -0.2) is 34.6 Å². The summed E-state index contributed by atoms with van der Waals surface area (Å²) in [6, 6.07) is 2.45. The summed E-state index contributed by atoms with van der Waals surface area (Å²) in [5, 5.41) is 0.745. The molecule has 0 radical (unpaired) electrons. The molecule has 0 atom stereocenters. The van der Waals surface area contributed by atoms with Crippen LogP contribution in [0, 0.1) is 0 Å². The summed E-state index contributed by atoms with van der Waals surface area (Å²) in [6.07, 6.45) is 5.99. The van der Waals surface area contributed by atoms with Gasteiger partial charge in [-0.2, -0.15) is 0 Å². The van der Waals surface area contributed by atoms with Crippen LogP contribution in [-0.2, 0) is 4.79 Å². The lowest BCUT2D eigenvalue weighted by Crippen LogP contribution is -2.23. The standard InChI is InChI=1S/C13H17N3OS/c1-9(2)16-6-5-10(8-16)7-11-12(17)15(4)13(14-3)18-11/h5-9H,1-4H3/b11-7+,14-13?. The Labute approximate surface area is 111 Å². The number of aromatic nitrogens is 1. The van der Waals surface area contributed by atoms with Gasteiger partial charge in [0, 0.05) is 32.5 Å². The molecule has 0 spiro atoms. The van der Waals surface area contributed by atoms with Crippen LogP contribution < -0.4 is 0 Å². The van der Waals surface area contributed by atoms with Crippen molar-refractivity contribution in [2.24, 2.45) is 4.99 Å². The Balaban J connectivity index is 2.26. The summed E-state index contributed by atoms with van der Waals surface area (Å²) in [7, 11) is 3.45. The second-order valence-electron chi connectivity index (χ2n) is 4.47. The molecule has 0 aromatic carbocycles. The largest absolute Gasteiger partial charge is 0.351 e. The summed E-state index contributed by atoms with van der Waals surface area (Å²) in [6.45, 7) is 4.25. The van der Waals surface area contributed by atoms with Crippen molar-refractivity contribution in [1.82, 2.24) is 9.47 Å². The van der Waals surface area contributed by atoms with Crippen LogP contribution in [0.4, 0.5) is 0 Å². The van der Waals surface area contributed by atoms with Crippen molar-refractivity contribution in [3.05, 3.63) is 28.9 Å². The van der Waals surface area contributed by atoms with E-state index < -0.39 is 0 Å². The number of carbonyl (C=O) groups excluding carboxylic acids is 1. The number of amides is 1. The molecule has 1 saturated heterocycles. The van der Waals surface area contributed by atoms with E-state index in [1.54, 1.807) is 19.0 Å². The van der Waals surface area contributed by atoms with Gasteiger partial charge in [0.2, 0.25) is 0 Å². The third kappa shape index (κ3) is 2.36. The van der Waals surface area contributed by atoms with Gasteiger partial charge in [-0.3, -0.25) is 14.7 Å². The van der Waals surface area contributed by atoms with Crippen LogP contribution in [0.1, 0.15) is 25.5 Å². The van der Waals surface area contributed by atoms with Crippen molar-refractivity contribution < 1.29 is 4.79 Å².